The highest BCUT2D eigenvalue weighted by Crippen LogP contribution is 2.26. The van der Waals surface area contributed by atoms with E-state index in [1.807, 2.05) is 6.92 Å². The summed E-state index contributed by atoms with van der Waals surface area (Å²) in [5.41, 5.74) is 1.01. The molecule has 1 aliphatic rings. The van der Waals surface area contributed by atoms with Gasteiger partial charge < -0.3 is 10.2 Å². The Bertz CT molecular complexity index is 669. The monoisotopic (exact) mass is 367 g/mol. The van der Waals surface area contributed by atoms with Crippen LogP contribution in [-0.4, -0.2) is 62.3 Å². The van der Waals surface area contributed by atoms with Crippen LogP contribution in [0.1, 0.15) is 32.3 Å². The van der Waals surface area contributed by atoms with Crippen LogP contribution in [-0.2, 0) is 14.8 Å². The molecule has 1 saturated heterocycles. The Kier molecular flexibility index (Phi) is 6.98. The second-order valence-electron chi connectivity index (χ2n) is 6.40. The van der Waals surface area contributed by atoms with Crippen LogP contribution < -0.4 is 5.32 Å². The van der Waals surface area contributed by atoms with E-state index < -0.39 is 16.1 Å². The summed E-state index contributed by atoms with van der Waals surface area (Å²) >= 11 is 0. The molecule has 25 heavy (non-hydrogen) atoms. The fourth-order valence-electron chi connectivity index (χ4n) is 3.13. The number of carbonyl (C=O) groups is 1. The van der Waals surface area contributed by atoms with E-state index >= 15 is 0 Å². The second-order valence-corrected chi connectivity index (χ2v) is 8.30. The van der Waals surface area contributed by atoms with Gasteiger partial charge in [-0.25, -0.2) is 8.42 Å². The van der Waals surface area contributed by atoms with E-state index in [-0.39, 0.29) is 10.8 Å². The number of amides is 1. The van der Waals surface area contributed by atoms with Gasteiger partial charge >= 0.3 is 0 Å². The van der Waals surface area contributed by atoms with Crippen LogP contribution in [0.4, 0.5) is 0 Å². The summed E-state index contributed by atoms with van der Waals surface area (Å²) in [6.45, 7) is 9.65. The molecule has 0 bridgehead atoms. The molecule has 2 rings (SSSR count). The molecule has 1 aliphatic heterocycles. The first-order valence-corrected chi connectivity index (χ1v) is 10.4. The number of hydrogen-bond donors (Lipinski definition) is 1. The van der Waals surface area contributed by atoms with Crippen molar-refractivity contribution in [3.05, 3.63) is 29.8 Å². The molecule has 140 valence electrons. The molecule has 1 amide bonds. The molecule has 0 radical (unpaired) electrons. The molecule has 1 fully saturated rings. The Morgan fingerprint density at radius 3 is 2.48 bits per heavy atom. The Morgan fingerprint density at radius 2 is 1.88 bits per heavy atom. The SMILES string of the molecule is CCN(CC)CCNC(=O)C1CCCN1S(=O)(=O)c1ccc(C)cc1. The van der Waals surface area contributed by atoms with Gasteiger partial charge in [0, 0.05) is 19.6 Å². The van der Waals surface area contributed by atoms with E-state index in [1.165, 1.54) is 4.31 Å². The van der Waals surface area contributed by atoms with Gasteiger partial charge in [0.15, 0.2) is 0 Å². The van der Waals surface area contributed by atoms with Gasteiger partial charge in [-0.15, -0.1) is 0 Å². The third-order valence-corrected chi connectivity index (χ3v) is 6.68. The normalized spacial score (nSPS) is 18.6. The lowest BCUT2D eigenvalue weighted by atomic mass is 10.2. The smallest absolute Gasteiger partial charge is 0.243 e. The van der Waals surface area contributed by atoms with Crippen LogP contribution in [0.3, 0.4) is 0 Å². The van der Waals surface area contributed by atoms with Crippen molar-refractivity contribution >= 4 is 15.9 Å². The lowest BCUT2D eigenvalue weighted by Crippen LogP contribution is -2.47. The molecule has 0 aromatic heterocycles. The van der Waals surface area contributed by atoms with Gasteiger partial charge in [-0.1, -0.05) is 31.5 Å². The van der Waals surface area contributed by atoms with Gasteiger partial charge in [0.05, 0.1) is 4.90 Å². The van der Waals surface area contributed by atoms with Crippen molar-refractivity contribution in [1.82, 2.24) is 14.5 Å². The number of hydrogen-bond acceptors (Lipinski definition) is 4. The zero-order valence-corrected chi connectivity index (χ0v) is 16.2. The van der Waals surface area contributed by atoms with Crippen LogP contribution in [0.2, 0.25) is 0 Å². The second kappa shape index (κ2) is 8.78. The number of sulfonamides is 1. The quantitative estimate of drug-likeness (QED) is 0.758. The van der Waals surface area contributed by atoms with Crippen molar-refractivity contribution in [1.29, 1.82) is 0 Å². The van der Waals surface area contributed by atoms with Gasteiger partial charge in [0.1, 0.15) is 6.04 Å². The first kappa shape index (κ1) is 19.9. The van der Waals surface area contributed by atoms with Crippen molar-refractivity contribution in [3.63, 3.8) is 0 Å². The van der Waals surface area contributed by atoms with Crippen LogP contribution >= 0.6 is 0 Å². The topological polar surface area (TPSA) is 69.7 Å². The number of benzene rings is 1. The van der Waals surface area contributed by atoms with Gasteiger partial charge in [-0.3, -0.25) is 4.79 Å². The molecule has 7 heteroatoms. The van der Waals surface area contributed by atoms with Crippen LogP contribution in [0, 0.1) is 6.92 Å². The molecule has 1 heterocycles. The minimum absolute atomic E-state index is 0.194. The van der Waals surface area contributed by atoms with E-state index in [9.17, 15) is 13.2 Å². The average molecular weight is 368 g/mol. The highest BCUT2D eigenvalue weighted by atomic mass is 32.2. The van der Waals surface area contributed by atoms with Crippen LogP contribution in [0.25, 0.3) is 0 Å². The Morgan fingerprint density at radius 1 is 1.24 bits per heavy atom. The summed E-state index contributed by atoms with van der Waals surface area (Å²) in [5.74, 6) is -0.194. The standard InChI is InChI=1S/C18H29N3O3S/c1-4-20(5-2)14-12-19-18(22)17-7-6-13-21(17)25(23,24)16-10-8-15(3)9-11-16/h8-11,17H,4-7,12-14H2,1-3H3,(H,19,22). The highest BCUT2D eigenvalue weighted by molar-refractivity contribution is 7.89. The van der Waals surface area contributed by atoms with Gasteiger partial charge in [-0.05, 0) is 45.0 Å². The van der Waals surface area contributed by atoms with E-state index in [2.05, 4.69) is 24.1 Å². The molecular weight excluding hydrogens is 338 g/mol. The number of carbonyl (C=O) groups excluding carboxylic acids is 1. The summed E-state index contributed by atoms with van der Waals surface area (Å²) in [7, 11) is -3.64. The van der Waals surface area contributed by atoms with Crippen molar-refractivity contribution in [2.24, 2.45) is 0 Å². The molecule has 1 aromatic rings. The minimum atomic E-state index is -3.64. The Balaban J connectivity index is 2.03. The van der Waals surface area contributed by atoms with Crippen molar-refractivity contribution in [2.45, 2.75) is 44.6 Å². The fourth-order valence-corrected chi connectivity index (χ4v) is 4.79. The first-order chi connectivity index (χ1) is 11.9. The van der Waals surface area contributed by atoms with Crippen molar-refractivity contribution < 1.29 is 13.2 Å². The van der Waals surface area contributed by atoms with Gasteiger partial charge in [0.2, 0.25) is 15.9 Å². The maximum absolute atomic E-state index is 12.9. The van der Waals surface area contributed by atoms with Crippen molar-refractivity contribution in [2.75, 3.05) is 32.7 Å². The molecule has 1 aromatic carbocycles. The number of rotatable bonds is 8. The van der Waals surface area contributed by atoms with Crippen molar-refractivity contribution in [3.8, 4) is 0 Å². The van der Waals surface area contributed by atoms with Crippen LogP contribution in [0.5, 0.6) is 0 Å². The lowest BCUT2D eigenvalue weighted by molar-refractivity contribution is -0.124. The third-order valence-electron chi connectivity index (χ3n) is 4.76. The number of likely N-dealkylation sites (N-methyl/N-ethyl adjacent to an activating group) is 1. The lowest BCUT2D eigenvalue weighted by Gasteiger charge is -2.24. The minimum Gasteiger partial charge on any atom is -0.353 e. The first-order valence-electron chi connectivity index (χ1n) is 8.98. The average Bonchev–Trinajstić information content (AvgIpc) is 3.09. The molecule has 0 saturated carbocycles. The number of nitrogens with one attached hydrogen (secondary N) is 1. The molecule has 1 unspecified atom stereocenters. The largest absolute Gasteiger partial charge is 0.353 e. The Hall–Kier alpha value is -1.44. The van der Waals surface area contributed by atoms with E-state index in [4.69, 9.17) is 0 Å². The number of aryl methyl sites for hydroxylation is 1. The summed E-state index contributed by atoms with van der Waals surface area (Å²) < 4.78 is 27.1. The maximum atomic E-state index is 12.9. The summed E-state index contributed by atoms with van der Waals surface area (Å²) in [6, 6.07) is 6.17. The predicted octanol–water partition coefficient (Wildman–Crippen LogP) is 1.61. The summed E-state index contributed by atoms with van der Waals surface area (Å²) in [5, 5.41) is 2.90. The molecule has 1 atom stereocenters. The molecule has 0 spiro atoms. The van der Waals surface area contributed by atoms with E-state index in [0.717, 1.165) is 25.2 Å². The van der Waals surface area contributed by atoms with Crippen LogP contribution in [0.15, 0.2) is 29.2 Å². The highest BCUT2D eigenvalue weighted by Gasteiger charge is 2.39. The van der Waals surface area contributed by atoms with E-state index in [1.54, 1.807) is 24.3 Å². The molecular formula is C18H29N3O3S. The zero-order valence-electron chi connectivity index (χ0n) is 15.4. The zero-order chi connectivity index (χ0) is 18.4. The summed E-state index contributed by atoms with van der Waals surface area (Å²) in [6.07, 6.45) is 1.28. The summed E-state index contributed by atoms with van der Waals surface area (Å²) in [4.78, 5) is 15.0. The Labute approximate surface area is 151 Å². The predicted molar refractivity (Wildman–Crippen MR) is 98.9 cm³/mol. The van der Waals surface area contributed by atoms with Gasteiger partial charge in [0.25, 0.3) is 0 Å². The fraction of sp³-hybridized carbons (Fsp3) is 0.611. The molecule has 1 N–H and O–H groups in total. The molecule has 6 nitrogen and oxygen atoms in total. The van der Waals surface area contributed by atoms with Gasteiger partial charge in [-0.2, -0.15) is 4.31 Å². The third kappa shape index (κ3) is 4.80. The maximum Gasteiger partial charge on any atom is 0.243 e. The molecule has 0 aliphatic carbocycles. The number of nitrogens with zero attached hydrogens (tertiary/aromatic N) is 2. The van der Waals surface area contributed by atoms with E-state index in [0.29, 0.717) is 25.9 Å².